The van der Waals surface area contributed by atoms with Gasteiger partial charge in [0.05, 0.1) is 13.2 Å². The van der Waals surface area contributed by atoms with Gasteiger partial charge in [-0.3, -0.25) is 24.1 Å². The number of nitrogens with one attached hydrogen (secondary N) is 3. The quantitative estimate of drug-likeness (QED) is 0.199. The van der Waals surface area contributed by atoms with E-state index >= 15 is 0 Å². The van der Waals surface area contributed by atoms with Gasteiger partial charge in [0.1, 0.15) is 17.8 Å². The fourth-order valence-electron chi connectivity index (χ4n) is 4.09. The normalized spacial score (nSPS) is 21.1. The Morgan fingerprint density at radius 1 is 1.03 bits per heavy atom. The van der Waals surface area contributed by atoms with Crippen molar-refractivity contribution in [1.82, 2.24) is 20.9 Å². The van der Waals surface area contributed by atoms with Gasteiger partial charge in [0.15, 0.2) is 12.2 Å². The molecule has 37 heavy (non-hydrogen) atoms. The number of phenols is 1. The standard InChI is InChI=1S/C25H37N5O7/c1-15(2)13-19(23(33)28-18(22(26)32)14-16-3-5-17(31)6-4-16)29-25(35)21-20(37-21)24(34)27-7-8-30-9-11-36-12-10-30/h3-6,15,18-21,31H,7-14H2,1-2H3,(H2,26,32)(H,27,34)(H,28,33)(H,29,35)/t18-,19-,20-,21-/m0/s1. The zero-order valence-corrected chi connectivity index (χ0v) is 21.3. The Kier molecular flexibility index (Phi) is 10.2. The molecule has 2 aliphatic rings. The third-order valence-electron chi connectivity index (χ3n) is 6.22. The van der Waals surface area contributed by atoms with Gasteiger partial charge in [0.25, 0.3) is 11.8 Å². The van der Waals surface area contributed by atoms with Gasteiger partial charge < -0.3 is 36.3 Å². The number of benzene rings is 1. The number of hydrogen-bond donors (Lipinski definition) is 5. The molecule has 0 bridgehead atoms. The van der Waals surface area contributed by atoms with Gasteiger partial charge in [-0.1, -0.05) is 26.0 Å². The van der Waals surface area contributed by atoms with E-state index in [1.54, 1.807) is 12.1 Å². The molecule has 0 spiro atoms. The number of ether oxygens (including phenoxy) is 2. The van der Waals surface area contributed by atoms with Crippen LogP contribution in [0.4, 0.5) is 0 Å². The molecule has 2 saturated heterocycles. The number of primary amides is 1. The predicted molar refractivity (Wildman–Crippen MR) is 133 cm³/mol. The Labute approximate surface area is 216 Å². The summed E-state index contributed by atoms with van der Waals surface area (Å²) in [6, 6.07) is 4.25. The zero-order valence-electron chi connectivity index (χ0n) is 21.3. The second-order valence-corrected chi connectivity index (χ2v) is 9.75. The fourth-order valence-corrected chi connectivity index (χ4v) is 4.09. The molecule has 0 radical (unpaired) electrons. The van der Waals surface area contributed by atoms with E-state index in [0.717, 1.165) is 13.1 Å². The van der Waals surface area contributed by atoms with Crippen molar-refractivity contribution in [1.29, 1.82) is 0 Å². The zero-order chi connectivity index (χ0) is 26.9. The van der Waals surface area contributed by atoms with Crippen LogP contribution in [-0.2, 0) is 35.1 Å². The highest BCUT2D eigenvalue weighted by Crippen LogP contribution is 2.23. The maximum atomic E-state index is 13.0. The number of nitrogens with zero attached hydrogens (tertiary/aromatic N) is 1. The lowest BCUT2D eigenvalue weighted by Crippen LogP contribution is -2.54. The number of phenolic OH excluding ortho intramolecular Hbond substituents is 1. The molecule has 2 heterocycles. The lowest BCUT2D eigenvalue weighted by molar-refractivity contribution is -0.132. The molecule has 204 valence electrons. The van der Waals surface area contributed by atoms with E-state index in [-0.39, 0.29) is 24.0 Å². The Morgan fingerprint density at radius 3 is 2.30 bits per heavy atom. The van der Waals surface area contributed by atoms with Crippen molar-refractivity contribution in [2.24, 2.45) is 11.7 Å². The maximum Gasteiger partial charge on any atom is 0.253 e. The Bertz CT molecular complexity index is 949. The summed E-state index contributed by atoms with van der Waals surface area (Å²) >= 11 is 0. The van der Waals surface area contributed by atoms with Crippen molar-refractivity contribution >= 4 is 23.6 Å². The van der Waals surface area contributed by atoms with E-state index in [9.17, 15) is 24.3 Å². The van der Waals surface area contributed by atoms with E-state index in [2.05, 4.69) is 20.9 Å². The van der Waals surface area contributed by atoms with Crippen LogP contribution in [-0.4, -0.2) is 97.3 Å². The topological polar surface area (TPSA) is 176 Å². The van der Waals surface area contributed by atoms with Crippen molar-refractivity contribution in [3.05, 3.63) is 29.8 Å². The van der Waals surface area contributed by atoms with Crippen molar-refractivity contribution < 1.29 is 33.8 Å². The lowest BCUT2D eigenvalue weighted by atomic mass is 10.0. The van der Waals surface area contributed by atoms with Gasteiger partial charge in [0.2, 0.25) is 11.8 Å². The Hall–Kier alpha value is -3.22. The van der Waals surface area contributed by atoms with Gasteiger partial charge in [0, 0.05) is 32.6 Å². The first-order chi connectivity index (χ1) is 17.6. The molecule has 12 heteroatoms. The summed E-state index contributed by atoms with van der Waals surface area (Å²) in [4.78, 5) is 52.3. The first-order valence-electron chi connectivity index (χ1n) is 12.5. The molecule has 6 N–H and O–H groups in total. The van der Waals surface area contributed by atoms with Crippen molar-refractivity contribution in [2.45, 2.75) is 51.0 Å². The van der Waals surface area contributed by atoms with E-state index in [0.29, 0.717) is 38.3 Å². The van der Waals surface area contributed by atoms with Crippen molar-refractivity contribution in [3.8, 4) is 5.75 Å². The largest absolute Gasteiger partial charge is 0.508 e. The molecule has 4 atom stereocenters. The van der Waals surface area contributed by atoms with Gasteiger partial charge in [-0.05, 0) is 30.0 Å². The van der Waals surface area contributed by atoms with E-state index in [4.69, 9.17) is 15.2 Å². The number of epoxide rings is 1. The summed E-state index contributed by atoms with van der Waals surface area (Å²) < 4.78 is 10.6. The SMILES string of the molecule is CC(C)C[C@H](NC(=O)[C@H]1O[C@@H]1C(=O)NCCN1CCOCC1)C(=O)N[C@@H](Cc1ccc(O)cc1)C(N)=O. The molecule has 2 aliphatic heterocycles. The molecule has 3 rings (SSSR count). The second-order valence-electron chi connectivity index (χ2n) is 9.75. The van der Waals surface area contributed by atoms with Crippen molar-refractivity contribution in [2.75, 3.05) is 39.4 Å². The van der Waals surface area contributed by atoms with Crippen LogP contribution in [0.2, 0.25) is 0 Å². The van der Waals surface area contributed by atoms with E-state index < -0.39 is 42.0 Å². The number of carbonyl (C=O) groups excluding carboxylic acids is 4. The first-order valence-corrected chi connectivity index (χ1v) is 12.5. The summed E-state index contributed by atoms with van der Waals surface area (Å²) in [5.41, 5.74) is 6.19. The summed E-state index contributed by atoms with van der Waals surface area (Å²) in [5.74, 6) is -2.09. The molecule has 4 amide bonds. The van der Waals surface area contributed by atoms with E-state index in [1.807, 2.05) is 13.8 Å². The highest BCUT2D eigenvalue weighted by Gasteiger charge is 2.51. The number of carbonyl (C=O) groups is 4. The highest BCUT2D eigenvalue weighted by atomic mass is 16.6. The molecule has 0 saturated carbocycles. The molecule has 12 nitrogen and oxygen atoms in total. The third-order valence-corrected chi connectivity index (χ3v) is 6.22. The van der Waals surface area contributed by atoms with Gasteiger partial charge >= 0.3 is 0 Å². The third kappa shape index (κ3) is 8.99. The molecular formula is C25H37N5O7. The lowest BCUT2D eigenvalue weighted by Gasteiger charge is -2.26. The van der Waals surface area contributed by atoms with Gasteiger partial charge in [-0.25, -0.2) is 0 Å². The van der Waals surface area contributed by atoms with Crippen LogP contribution in [0.1, 0.15) is 25.8 Å². The average Bonchev–Trinajstić information content (AvgIpc) is 3.66. The van der Waals surface area contributed by atoms with E-state index in [1.165, 1.54) is 12.1 Å². The Morgan fingerprint density at radius 2 is 1.68 bits per heavy atom. The van der Waals surface area contributed by atoms with Crippen LogP contribution in [0.25, 0.3) is 0 Å². The second kappa shape index (κ2) is 13.4. The molecule has 0 aromatic heterocycles. The minimum Gasteiger partial charge on any atom is -0.508 e. The monoisotopic (exact) mass is 519 g/mol. The smallest absolute Gasteiger partial charge is 0.253 e. The van der Waals surface area contributed by atoms with Crippen LogP contribution >= 0.6 is 0 Å². The van der Waals surface area contributed by atoms with Crippen LogP contribution in [0.3, 0.4) is 0 Å². The van der Waals surface area contributed by atoms with Crippen LogP contribution in [0.5, 0.6) is 5.75 Å². The molecule has 0 aliphatic carbocycles. The summed E-state index contributed by atoms with van der Waals surface area (Å²) in [6.07, 6.45) is -1.44. The maximum absolute atomic E-state index is 13.0. The van der Waals surface area contributed by atoms with Crippen LogP contribution in [0, 0.1) is 5.92 Å². The molecule has 1 aromatic rings. The minimum atomic E-state index is -1.01. The number of morpholine rings is 1. The molecule has 1 aromatic carbocycles. The van der Waals surface area contributed by atoms with Crippen LogP contribution in [0.15, 0.2) is 24.3 Å². The van der Waals surface area contributed by atoms with Crippen LogP contribution < -0.4 is 21.7 Å². The number of aromatic hydroxyl groups is 1. The number of nitrogens with two attached hydrogens (primary N) is 1. The highest BCUT2D eigenvalue weighted by molar-refractivity contribution is 5.97. The summed E-state index contributed by atoms with van der Waals surface area (Å²) in [5, 5.41) is 17.5. The minimum absolute atomic E-state index is 0.0552. The number of hydrogen-bond acceptors (Lipinski definition) is 8. The Balaban J connectivity index is 1.50. The molecule has 0 unspecified atom stereocenters. The summed E-state index contributed by atoms with van der Waals surface area (Å²) in [7, 11) is 0. The fraction of sp³-hybridized carbons (Fsp3) is 0.600. The van der Waals surface area contributed by atoms with Gasteiger partial charge in [-0.15, -0.1) is 0 Å². The average molecular weight is 520 g/mol. The molecule has 2 fully saturated rings. The number of amides is 4. The van der Waals surface area contributed by atoms with Crippen molar-refractivity contribution in [3.63, 3.8) is 0 Å². The van der Waals surface area contributed by atoms with Gasteiger partial charge in [-0.2, -0.15) is 0 Å². The number of rotatable bonds is 13. The first kappa shape index (κ1) is 28.4. The predicted octanol–water partition coefficient (Wildman–Crippen LogP) is -1.35. The molecular weight excluding hydrogens is 482 g/mol. The summed E-state index contributed by atoms with van der Waals surface area (Å²) in [6.45, 7) is 7.87.